The Balaban J connectivity index is 1.33. The monoisotopic (exact) mass is 653 g/mol. The third kappa shape index (κ3) is 11.7. The molecule has 1 unspecified atom stereocenters. The molecule has 0 fully saturated rings. The van der Waals surface area contributed by atoms with Crippen LogP contribution in [0, 0.1) is 0 Å². The van der Waals surface area contributed by atoms with Crippen LogP contribution in [0.25, 0.3) is 17.0 Å². The highest BCUT2D eigenvalue weighted by molar-refractivity contribution is 8.14. The number of hydrogen-bond acceptors (Lipinski definition) is 8. The average Bonchev–Trinajstić information content (AvgIpc) is 3.07. The number of fused-ring (bicyclic) bond motifs is 1. The lowest BCUT2D eigenvalue weighted by atomic mass is 10.1. The summed E-state index contributed by atoms with van der Waals surface area (Å²) in [7, 11) is 0. The van der Waals surface area contributed by atoms with E-state index in [2.05, 4.69) is 25.9 Å². The maximum absolute atomic E-state index is 12.5. The number of hydrogen-bond donors (Lipinski definition) is 4. The molecule has 0 bridgehead atoms. The number of anilines is 1. The van der Waals surface area contributed by atoms with Crippen molar-refractivity contribution in [2.24, 2.45) is 4.99 Å². The zero-order chi connectivity index (χ0) is 33.4. The van der Waals surface area contributed by atoms with E-state index in [4.69, 9.17) is 4.74 Å². The minimum Gasteiger partial charge on any atom is -0.480 e. The second-order valence-corrected chi connectivity index (χ2v) is 11.2. The predicted molar refractivity (Wildman–Crippen MR) is 183 cm³/mol. The van der Waals surface area contributed by atoms with Crippen LogP contribution in [0.3, 0.4) is 0 Å². The molecule has 2 amide bonds. The maximum Gasteiger partial charge on any atom is 0.326 e. The number of aliphatic imine (C=N–C) groups is 1. The van der Waals surface area contributed by atoms with Crippen LogP contribution in [-0.4, -0.2) is 57.2 Å². The molecule has 0 aliphatic carbocycles. The van der Waals surface area contributed by atoms with Crippen LogP contribution in [0.4, 0.5) is 5.69 Å². The Morgan fingerprint density at radius 1 is 0.915 bits per heavy atom. The van der Waals surface area contributed by atoms with Crippen molar-refractivity contribution in [3.8, 4) is 0 Å². The van der Waals surface area contributed by atoms with Crippen LogP contribution in [0.1, 0.15) is 30.9 Å². The number of carboxylic acid groups (broad SMARTS) is 1. The van der Waals surface area contributed by atoms with Gasteiger partial charge in [0.25, 0.3) is 0 Å². The van der Waals surface area contributed by atoms with Gasteiger partial charge in [0.15, 0.2) is 5.17 Å². The molecule has 0 saturated heterocycles. The van der Waals surface area contributed by atoms with E-state index in [0.29, 0.717) is 16.4 Å². The van der Waals surface area contributed by atoms with Crippen LogP contribution in [0.2, 0.25) is 0 Å². The summed E-state index contributed by atoms with van der Waals surface area (Å²) in [5, 5.41) is 19.3. The molecular formula is C35H35N5O6S. The molecule has 47 heavy (non-hydrogen) atoms. The average molecular weight is 654 g/mol. The number of aliphatic carboxylic acids is 1. The second-order valence-electron chi connectivity index (χ2n) is 10.3. The van der Waals surface area contributed by atoms with Gasteiger partial charge in [-0.05, 0) is 48.0 Å². The number of benzene rings is 3. The highest BCUT2D eigenvalue weighted by atomic mass is 32.2. The van der Waals surface area contributed by atoms with Gasteiger partial charge in [0.1, 0.15) is 18.1 Å². The summed E-state index contributed by atoms with van der Waals surface area (Å²) >= 11 is 1.09. The number of carbonyl (C=O) groups is 4. The molecule has 11 nitrogen and oxygen atoms in total. The number of amides is 2. The molecule has 1 aromatic heterocycles. The largest absolute Gasteiger partial charge is 0.480 e. The SMILES string of the molecule is CC(N=C(Nc1cccc2cccnc12)SCOC(=O)CCC(=O)N[C@@H](Cc1ccccc1)C(=O)O)NC(=O)/C=C/c1ccccc1. The van der Waals surface area contributed by atoms with E-state index < -0.39 is 30.1 Å². The number of pyridine rings is 1. The third-order valence-electron chi connectivity index (χ3n) is 6.65. The first-order valence-electron chi connectivity index (χ1n) is 14.8. The molecule has 1 heterocycles. The molecule has 0 radical (unpaired) electrons. The number of aromatic nitrogens is 1. The van der Waals surface area contributed by atoms with Crippen molar-refractivity contribution in [1.29, 1.82) is 0 Å². The van der Waals surface area contributed by atoms with E-state index in [1.54, 1.807) is 43.5 Å². The molecule has 4 N–H and O–H groups in total. The summed E-state index contributed by atoms with van der Waals surface area (Å²) in [5.41, 5.74) is 3.02. The van der Waals surface area contributed by atoms with Crippen molar-refractivity contribution in [1.82, 2.24) is 15.6 Å². The third-order valence-corrected chi connectivity index (χ3v) is 7.37. The molecule has 12 heteroatoms. The Morgan fingerprint density at radius 3 is 2.38 bits per heavy atom. The number of para-hydroxylation sites is 1. The van der Waals surface area contributed by atoms with E-state index in [0.717, 1.165) is 28.3 Å². The molecule has 4 aromatic rings. The van der Waals surface area contributed by atoms with Gasteiger partial charge in [-0.15, -0.1) is 0 Å². The topological polar surface area (TPSA) is 159 Å². The molecule has 0 aliphatic rings. The Labute approximate surface area is 276 Å². The van der Waals surface area contributed by atoms with Gasteiger partial charge in [-0.3, -0.25) is 19.4 Å². The van der Waals surface area contributed by atoms with Gasteiger partial charge < -0.3 is 25.8 Å². The Bertz CT molecular complexity index is 1730. The fraction of sp³-hybridized carbons (Fsp3) is 0.200. The lowest BCUT2D eigenvalue weighted by Crippen LogP contribution is -2.42. The van der Waals surface area contributed by atoms with Crippen molar-refractivity contribution in [3.63, 3.8) is 0 Å². The van der Waals surface area contributed by atoms with Gasteiger partial charge in [0, 0.05) is 30.5 Å². The number of nitrogens with zero attached hydrogens (tertiary/aromatic N) is 2. The Morgan fingerprint density at radius 2 is 1.64 bits per heavy atom. The van der Waals surface area contributed by atoms with E-state index in [1.165, 1.54) is 6.08 Å². The van der Waals surface area contributed by atoms with Crippen LogP contribution >= 0.6 is 11.8 Å². The maximum atomic E-state index is 12.5. The number of thioether (sulfide) groups is 1. The van der Waals surface area contributed by atoms with Crippen molar-refractivity contribution in [2.45, 2.75) is 38.4 Å². The number of rotatable bonds is 14. The lowest BCUT2D eigenvalue weighted by Gasteiger charge is -2.15. The predicted octanol–water partition coefficient (Wildman–Crippen LogP) is 5.00. The van der Waals surface area contributed by atoms with Gasteiger partial charge in [-0.1, -0.05) is 78.9 Å². The van der Waals surface area contributed by atoms with Crippen LogP contribution in [-0.2, 0) is 30.3 Å². The highest BCUT2D eigenvalue weighted by Crippen LogP contribution is 2.22. The molecule has 4 rings (SSSR count). The van der Waals surface area contributed by atoms with E-state index >= 15 is 0 Å². The fourth-order valence-corrected chi connectivity index (χ4v) is 5.10. The highest BCUT2D eigenvalue weighted by Gasteiger charge is 2.21. The molecule has 242 valence electrons. The molecule has 0 saturated carbocycles. The van der Waals surface area contributed by atoms with Gasteiger partial charge in [-0.25, -0.2) is 9.79 Å². The number of ether oxygens (including phenoxy) is 1. The lowest BCUT2D eigenvalue weighted by molar-refractivity contribution is -0.143. The summed E-state index contributed by atoms with van der Waals surface area (Å²) in [6.45, 7) is 1.71. The molecular weight excluding hydrogens is 618 g/mol. The van der Waals surface area contributed by atoms with Crippen molar-refractivity contribution in [3.05, 3.63) is 114 Å². The standard InChI is InChI=1S/C35H35N5O6S/c1-24(37-30(41)18-17-25-10-4-2-5-11-25)38-35(40-28-16-8-14-27-15-9-21-36-33(27)28)47-23-46-32(43)20-19-31(42)39-29(34(44)45)22-26-12-6-3-7-13-26/h2-18,21,24,29H,19-20,22-23H2,1H3,(H,37,41)(H,38,40)(H,39,42)(H,44,45)/b18-17+/t24?,29-/m0/s1. The smallest absolute Gasteiger partial charge is 0.326 e. The van der Waals surface area contributed by atoms with Gasteiger partial charge >= 0.3 is 11.9 Å². The molecule has 2 atom stereocenters. The zero-order valence-electron chi connectivity index (χ0n) is 25.7. The Kier molecular flexibility index (Phi) is 13.1. The molecule has 3 aromatic carbocycles. The van der Waals surface area contributed by atoms with Crippen LogP contribution in [0.5, 0.6) is 0 Å². The van der Waals surface area contributed by atoms with E-state index in [9.17, 15) is 24.3 Å². The van der Waals surface area contributed by atoms with Crippen LogP contribution < -0.4 is 16.0 Å². The molecule has 0 spiro atoms. The first kappa shape index (κ1) is 34.4. The summed E-state index contributed by atoms with van der Waals surface area (Å²) < 4.78 is 5.34. The van der Waals surface area contributed by atoms with Crippen molar-refractivity contribution in [2.75, 3.05) is 11.3 Å². The fourth-order valence-electron chi connectivity index (χ4n) is 4.38. The quantitative estimate of drug-likeness (QED) is 0.0483. The van der Waals surface area contributed by atoms with Crippen molar-refractivity contribution < 1.29 is 29.0 Å². The van der Waals surface area contributed by atoms with Crippen molar-refractivity contribution >= 4 is 63.3 Å². The summed E-state index contributed by atoms with van der Waals surface area (Å²) in [6.07, 6.45) is 3.81. The summed E-state index contributed by atoms with van der Waals surface area (Å²) in [6, 6.07) is 26.6. The number of carboxylic acids is 1. The second kappa shape index (κ2) is 17.9. The Hall–Kier alpha value is -5.49. The summed E-state index contributed by atoms with van der Waals surface area (Å²) in [4.78, 5) is 58.1. The number of amidine groups is 1. The van der Waals surface area contributed by atoms with E-state index in [1.807, 2.05) is 66.7 Å². The summed E-state index contributed by atoms with van der Waals surface area (Å²) in [5.74, 6) is -2.85. The normalized spacial score (nSPS) is 12.7. The van der Waals surface area contributed by atoms with E-state index in [-0.39, 0.29) is 31.1 Å². The first-order valence-corrected chi connectivity index (χ1v) is 15.8. The van der Waals surface area contributed by atoms with Gasteiger partial charge in [0.2, 0.25) is 11.8 Å². The van der Waals surface area contributed by atoms with Gasteiger partial charge in [0.05, 0.1) is 17.6 Å². The minimum absolute atomic E-state index is 0.118. The minimum atomic E-state index is -1.17. The number of nitrogens with one attached hydrogen (secondary N) is 3. The number of carbonyl (C=O) groups excluding carboxylic acids is 3. The van der Waals surface area contributed by atoms with Crippen LogP contribution in [0.15, 0.2) is 108 Å². The van der Waals surface area contributed by atoms with Gasteiger partial charge in [-0.2, -0.15) is 0 Å². The first-order chi connectivity index (χ1) is 22.8. The number of esters is 1. The molecule has 0 aliphatic heterocycles. The zero-order valence-corrected chi connectivity index (χ0v) is 26.5.